The Morgan fingerprint density at radius 3 is 2.16 bits per heavy atom. The quantitative estimate of drug-likeness (QED) is 0.546. The fourth-order valence-corrected chi connectivity index (χ4v) is 4.17. The third-order valence-corrected chi connectivity index (χ3v) is 5.71. The number of aliphatic hydroxyl groups excluding tert-OH is 2. The van der Waals surface area contributed by atoms with E-state index in [0.29, 0.717) is 11.1 Å². The summed E-state index contributed by atoms with van der Waals surface area (Å²) in [7, 11) is 1.51. The number of ether oxygens (including phenoxy) is 2. The zero-order valence-corrected chi connectivity index (χ0v) is 17.0. The molecule has 0 amide bonds. The Bertz CT molecular complexity index is 1100. The van der Waals surface area contributed by atoms with Crippen molar-refractivity contribution in [1.29, 1.82) is 0 Å². The van der Waals surface area contributed by atoms with Crippen LogP contribution in [0.4, 0.5) is 0 Å². The van der Waals surface area contributed by atoms with E-state index in [1.165, 1.54) is 17.9 Å². The van der Waals surface area contributed by atoms with Gasteiger partial charge < -0.3 is 19.7 Å². The lowest BCUT2D eigenvalue weighted by Crippen LogP contribution is -2.42. The van der Waals surface area contributed by atoms with Crippen LogP contribution in [0.25, 0.3) is 0 Å². The SMILES string of the molecule is COC(c1ccccc1)(c1ccccc1)c1cn([C@H]2C[C@H](O)[C@@H](CO)O2)c(=O)[nH]c1=O. The Morgan fingerprint density at radius 1 is 1.10 bits per heavy atom. The topological polar surface area (TPSA) is 114 Å². The summed E-state index contributed by atoms with van der Waals surface area (Å²) in [5.74, 6) is 0. The number of methoxy groups -OCH3 is 1. The predicted octanol–water partition coefficient (Wildman–Crippen LogP) is 1.12. The van der Waals surface area contributed by atoms with Gasteiger partial charge in [0.1, 0.15) is 17.9 Å². The molecule has 3 N–H and O–H groups in total. The van der Waals surface area contributed by atoms with Gasteiger partial charge >= 0.3 is 5.69 Å². The minimum atomic E-state index is -1.29. The van der Waals surface area contributed by atoms with Crippen LogP contribution in [0.2, 0.25) is 0 Å². The zero-order valence-electron chi connectivity index (χ0n) is 17.0. The van der Waals surface area contributed by atoms with Crippen LogP contribution >= 0.6 is 0 Å². The Balaban J connectivity index is 1.95. The molecule has 162 valence electrons. The van der Waals surface area contributed by atoms with E-state index < -0.39 is 35.3 Å². The Kier molecular flexibility index (Phi) is 5.88. The molecule has 1 aliphatic rings. The number of H-pyrrole nitrogens is 1. The van der Waals surface area contributed by atoms with Crippen LogP contribution < -0.4 is 11.2 Å². The first-order chi connectivity index (χ1) is 15.0. The van der Waals surface area contributed by atoms with E-state index in [9.17, 15) is 19.8 Å². The summed E-state index contributed by atoms with van der Waals surface area (Å²) in [6.45, 7) is -0.376. The second-order valence-corrected chi connectivity index (χ2v) is 7.44. The molecule has 31 heavy (non-hydrogen) atoms. The molecule has 1 aromatic heterocycles. The highest BCUT2D eigenvalue weighted by Gasteiger charge is 2.41. The first-order valence-corrected chi connectivity index (χ1v) is 9.97. The second kappa shape index (κ2) is 8.60. The smallest absolute Gasteiger partial charge is 0.330 e. The van der Waals surface area contributed by atoms with Crippen molar-refractivity contribution in [1.82, 2.24) is 9.55 Å². The standard InChI is InChI=1S/C23H24N2O6/c1-30-23(15-8-4-2-5-9-15,16-10-6-3-7-11-16)17-13-25(22(29)24-21(17)28)20-12-18(27)19(14-26)31-20/h2-11,13,18-20,26-27H,12,14H2,1H3,(H,24,28,29)/t18-,19+,20+/m0/s1. The lowest BCUT2D eigenvalue weighted by molar-refractivity contribution is -0.0463. The number of nitrogens with one attached hydrogen (secondary N) is 1. The molecule has 0 saturated carbocycles. The summed E-state index contributed by atoms with van der Waals surface area (Å²) in [5.41, 5.74) is -0.944. The third kappa shape index (κ3) is 3.64. The van der Waals surface area contributed by atoms with Crippen molar-refractivity contribution in [2.45, 2.75) is 30.5 Å². The van der Waals surface area contributed by atoms with E-state index in [2.05, 4.69) is 4.98 Å². The number of aromatic amines is 1. The van der Waals surface area contributed by atoms with Gasteiger partial charge in [-0.3, -0.25) is 14.3 Å². The van der Waals surface area contributed by atoms with Crippen LogP contribution in [-0.4, -0.2) is 45.7 Å². The van der Waals surface area contributed by atoms with E-state index in [4.69, 9.17) is 9.47 Å². The van der Waals surface area contributed by atoms with Crippen molar-refractivity contribution >= 4 is 0 Å². The van der Waals surface area contributed by atoms with Crippen molar-refractivity contribution in [3.05, 3.63) is 104 Å². The van der Waals surface area contributed by atoms with Crippen molar-refractivity contribution in [3.63, 3.8) is 0 Å². The van der Waals surface area contributed by atoms with Gasteiger partial charge in [0.15, 0.2) is 0 Å². The average molecular weight is 424 g/mol. The molecule has 0 unspecified atom stereocenters. The fourth-order valence-electron chi connectivity index (χ4n) is 4.17. The number of hydrogen-bond donors (Lipinski definition) is 3. The Morgan fingerprint density at radius 2 is 1.68 bits per heavy atom. The maximum atomic E-state index is 13.1. The average Bonchev–Trinajstić information content (AvgIpc) is 3.17. The number of aliphatic hydroxyl groups is 2. The van der Waals surface area contributed by atoms with Gasteiger partial charge in [-0.15, -0.1) is 0 Å². The third-order valence-electron chi connectivity index (χ3n) is 5.71. The fraction of sp³-hybridized carbons (Fsp3) is 0.304. The van der Waals surface area contributed by atoms with E-state index in [1.807, 2.05) is 60.7 Å². The van der Waals surface area contributed by atoms with Crippen molar-refractivity contribution < 1.29 is 19.7 Å². The van der Waals surface area contributed by atoms with Gasteiger partial charge in [0.2, 0.25) is 0 Å². The highest BCUT2D eigenvalue weighted by atomic mass is 16.5. The highest BCUT2D eigenvalue weighted by Crippen LogP contribution is 2.38. The highest BCUT2D eigenvalue weighted by molar-refractivity contribution is 5.46. The Hall–Kier alpha value is -3.04. The maximum Gasteiger partial charge on any atom is 0.330 e. The van der Waals surface area contributed by atoms with Crippen molar-refractivity contribution in [3.8, 4) is 0 Å². The molecular weight excluding hydrogens is 400 g/mol. The molecule has 1 aliphatic heterocycles. The molecule has 3 aromatic rings. The summed E-state index contributed by atoms with van der Waals surface area (Å²) in [6, 6.07) is 18.5. The summed E-state index contributed by atoms with van der Waals surface area (Å²) >= 11 is 0. The first kappa shape index (κ1) is 21.2. The molecule has 1 saturated heterocycles. The van der Waals surface area contributed by atoms with Gasteiger partial charge in [-0.05, 0) is 11.1 Å². The van der Waals surface area contributed by atoms with E-state index in [1.54, 1.807) is 0 Å². The lowest BCUT2D eigenvalue weighted by atomic mass is 9.81. The molecule has 3 atom stereocenters. The summed E-state index contributed by atoms with van der Waals surface area (Å²) < 4.78 is 12.9. The maximum absolute atomic E-state index is 13.1. The molecule has 1 fully saturated rings. The molecule has 4 rings (SSSR count). The monoisotopic (exact) mass is 424 g/mol. The zero-order chi connectivity index (χ0) is 22.0. The molecule has 2 aromatic carbocycles. The van der Waals surface area contributed by atoms with Crippen LogP contribution in [0.1, 0.15) is 29.3 Å². The van der Waals surface area contributed by atoms with Crippen LogP contribution in [0.5, 0.6) is 0 Å². The van der Waals surface area contributed by atoms with Crippen LogP contribution in [0.15, 0.2) is 76.4 Å². The molecule has 8 nitrogen and oxygen atoms in total. The molecule has 0 bridgehead atoms. The normalized spacial score (nSPS) is 21.3. The van der Waals surface area contributed by atoms with Gasteiger partial charge in [0, 0.05) is 19.7 Å². The number of aromatic nitrogens is 2. The van der Waals surface area contributed by atoms with E-state index in [0.717, 1.165) is 0 Å². The molecule has 2 heterocycles. The van der Waals surface area contributed by atoms with Gasteiger partial charge in [0.05, 0.1) is 18.3 Å². The molecule has 0 spiro atoms. The molecule has 0 radical (unpaired) electrons. The minimum absolute atomic E-state index is 0.104. The molecule has 0 aliphatic carbocycles. The first-order valence-electron chi connectivity index (χ1n) is 9.97. The Labute approximate surface area is 178 Å². The lowest BCUT2D eigenvalue weighted by Gasteiger charge is -2.34. The van der Waals surface area contributed by atoms with Gasteiger partial charge in [-0.25, -0.2) is 4.79 Å². The van der Waals surface area contributed by atoms with Crippen LogP contribution in [-0.2, 0) is 15.1 Å². The summed E-state index contributed by atoms with van der Waals surface area (Å²) in [6.07, 6.45) is -1.04. The van der Waals surface area contributed by atoms with Gasteiger partial charge in [0.25, 0.3) is 5.56 Å². The summed E-state index contributed by atoms with van der Waals surface area (Å²) in [5, 5.41) is 19.5. The van der Waals surface area contributed by atoms with Crippen molar-refractivity contribution in [2.24, 2.45) is 0 Å². The van der Waals surface area contributed by atoms with E-state index in [-0.39, 0.29) is 18.6 Å². The molecular formula is C23H24N2O6. The van der Waals surface area contributed by atoms with Gasteiger partial charge in [-0.2, -0.15) is 0 Å². The van der Waals surface area contributed by atoms with Crippen LogP contribution in [0.3, 0.4) is 0 Å². The van der Waals surface area contributed by atoms with Crippen LogP contribution in [0, 0.1) is 0 Å². The predicted molar refractivity (Wildman–Crippen MR) is 113 cm³/mol. The largest absolute Gasteiger partial charge is 0.394 e. The number of benzene rings is 2. The molecule has 8 heteroatoms. The van der Waals surface area contributed by atoms with Crippen molar-refractivity contribution in [2.75, 3.05) is 13.7 Å². The number of nitrogens with zero attached hydrogens (tertiary/aromatic N) is 1. The minimum Gasteiger partial charge on any atom is -0.394 e. The summed E-state index contributed by atoms with van der Waals surface area (Å²) in [4.78, 5) is 28.0. The van der Waals surface area contributed by atoms with Gasteiger partial charge in [-0.1, -0.05) is 60.7 Å². The second-order valence-electron chi connectivity index (χ2n) is 7.44. The van der Waals surface area contributed by atoms with E-state index >= 15 is 0 Å². The number of rotatable bonds is 6. The number of hydrogen-bond acceptors (Lipinski definition) is 6.